The largest absolute Gasteiger partial charge is 0.348 e. The van der Waals surface area contributed by atoms with E-state index >= 15 is 0 Å². The Hall–Kier alpha value is -1.47. The van der Waals surface area contributed by atoms with Gasteiger partial charge >= 0.3 is 0 Å². The minimum atomic E-state index is -0.173. The Kier molecular flexibility index (Phi) is 7.92. The Bertz CT molecular complexity index is 415. The lowest BCUT2D eigenvalue weighted by molar-refractivity contribution is 0.0932. The van der Waals surface area contributed by atoms with Crippen molar-refractivity contribution in [2.75, 3.05) is 26.2 Å². The Labute approximate surface area is 126 Å². The third kappa shape index (κ3) is 6.22. The van der Waals surface area contributed by atoms with E-state index in [1.165, 1.54) is 0 Å². The highest BCUT2D eigenvalue weighted by atomic mass is 16.2. The lowest BCUT2D eigenvalue weighted by atomic mass is 10.1. The molecule has 3 N–H and O–H groups in total. The minimum Gasteiger partial charge on any atom is -0.348 e. The number of hydrogen-bond acceptors (Lipinski definition) is 5. The van der Waals surface area contributed by atoms with E-state index in [0.29, 0.717) is 18.8 Å². The van der Waals surface area contributed by atoms with Crippen LogP contribution < -0.4 is 11.1 Å². The van der Waals surface area contributed by atoms with Crippen LogP contribution in [0, 0.1) is 0 Å². The molecule has 1 heterocycles. The number of carbonyl (C=O) groups excluding carboxylic acids is 1. The summed E-state index contributed by atoms with van der Waals surface area (Å²) in [5.74, 6) is -0.173. The number of amides is 1. The van der Waals surface area contributed by atoms with Crippen molar-refractivity contribution in [3.8, 4) is 0 Å². The molecule has 0 radical (unpaired) electrons. The molecule has 1 unspecified atom stereocenters. The second kappa shape index (κ2) is 9.46. The zero-order valence-electron chi connectivity index (χ0n) is 13.4. The standard InChI is InChI=1S/C14H28N6O/c1-4-19(5-2)9-6-7-12(3)16-14(21)13-11-20(10-8-15)18-17-13/h11-12H,4-10,15H2,1-3H3,(H,16,21). The summed E-state index contributed by atoms with van der Waals surface area (Å²) in [6, 6.07) is 0.132. The molecule has 7 heteroatoms. The summed E-state index contributed by atoms with van der Waals surface area (Å²) in [4.78, 5) is 14.4. The van der Waals surface area contributed by atoms with Crippen molar-refractivity contribution in [3.05, 3.63) is 11.9 Å². The van der Waals surface area contributed by atoms with Gasteiger partial charge in [0.25, 0.3) is 5.91 Å². The van der Waals surface area contributed by atoms with Gasteiger partial charge in [-0.3, -0.25) is 9.48 Å². The predicted octanol–water partition coefficient (Wildman–Crippen LogP) is 0.477. The van der Waals surface area contributed by atoms with Gasteiger partial charge in [0.05, 0.1) is 12.7 Å². The van der Waals surface area contributed by atoms with Gasteiger partial charge in [-0.1, -0.05) is 19.1 Å². The Morgan fingerprint density at radius 2 is 2.19 bits per heavy atom. The third-order valence-corrected chi connectivity index (χ3v) is 3.51. The van der Waals surface area contributed by atoms with E-state index in [4.69, 9.17) is 5.73 Å². The predicted molar refractivity (Wildman–Crippen MR) is 83.0 cm³/mol. The number of rotatable bonds is 10. The molecule has 0 saturated heterocycles. The molecule has 1 aromatic heterocycles. The molecule has 1 atom stereocenters. The summed E-state index contributed by atoms with van der Waals surface area (Å²) in [6.45, 7) is 10.6. The molecule has 7 nitrogen and oxygen atoms in total. The lowest BCUT2D eigenvalue weighted by Crippen LogP contribution is -2.34. The number of hydrogen-bond donors (Lipinski definition) is 2. The summed E-state index contributed by atoms with van der Waals surface area (Å²) >= 11 is 0. The maximum Gasteiger partial charge on any atom is 0.273 e. The van der Waals surface area contributed by atoms with Crippen molar-refractivity contribution >= 4 is 5.91 Å². The van der Waals surface area contributed by atoms with E-state index in [1.807, 2.05) is 6.92 Å². The fourth-order valence-corrected chi connectivity index (χ4v) is 2.17. The monoisotopic (exact) mass is 296 g/mol. The maximum absolute atomic E-state index is 12.0. The molecule has 0 fully saturated rings. The topological polar surface area (TPSA) is 89.1 Å². The summed E-state index contributed by atoms with van der Waals surface area (Å²) in [5, 5.41) is 10.7. The van der Waals surface area contributed by atoms with Crippen LogP contribution in [0.5, 0.6) is 0 Å². The Balaban J connectivity index is 2.32. The highest BCUT2D eigenvalue weighted by molar-refractivity contribution is 5.92. The molecular formula is C14H28N6O. The average molecular weight is 296 g/mol. The van der Waals surface area contributed by atoms with Gasteiger partial charge < -0.3 is 16.0 Å². The first-order valence-corrected chi connectivity index (χ1v) is 7.74. The number of nitrogens with two attached hydrogens (primary N) is 1. The number of nitrogens with zero attached hydrogens (tertiary/aromatic N) is 4. The molecule has 1 rings (SSSR count). The van der Waals surface area contributed by atoms with Crippen LogP contribution in [0.3, 0.4) is 0 Å². The fraction of sp³-hybridized carbons (Fsp3) is 0.786. The van der Waals surface area contributed by atoms with E-state index in [9.17, 15) is 4.79 Å². The minimum absolute atomic E-state index is 0.132. The van der Waals surface area contributed by atoms with Crippen LogP contribution in [0.25, 0.3) is 0 Å². The van der Waals surface area contributed by atoms with Gasteiger partial charge in [-0.15, -0.1) is 5.10 Å². The molecule has 21 heavy (non-hydrogen) atoms. The summed E-state index contributed by atoms with van der Waals surface area (Å²) in [7, 11) is 0. The van der Waals surface area contributed by atoms with Crippen LogP contribution in [-0.2, 0) is 6.54 Å². The molecule has 0 aromatic carbocycles. The van der Waals surface area contributed by atoms with E-state index < -0.39 is 0 Å². The quantitative estimate of drug-likeness (QED) is 0.655. The van der Waals surface area contributed by atoms with Gasteiger partial charge in [-0.2, -0.15) is 0 Å². The molecule has 0 aliphatic heterocycles. The van der Waals surface area contributed by atoms with E-state index in [0.717, 1.165) is 32.5 Å². The van der Waals surface area contributed by atoms with E-state index in [2.05, 4.69) is 34.4 Å². The second-order valence-corrected chi connectivity index (χ2v) is 5.20. The summed E-state index contributed by atoms with van der Waals surface area (Å²) < 4.78 is 1.58. The van der Waals surface area contributed by atoms with E-state index in [1.54, 1.807) is 10.9 Å². The first kappa shape index (κ1) is 17.6. The maximum atomic E-state index is 12.0. The molecule has 0 spiro atoms. The van der Waals surface area contributed by atoms with Crippen molar-refractivity contribution < 1.29 is 4.79 Å². The van der Waals surface area contributed by atoms with Crippen molar-refractivity contribution in [3.63, 3.8) is 0 Å². The number of aromatic nitrogens is 3. The van der Waals surface area contributed by atoms with Gasteiger partial charge in [0, 0.05) is 12.6 Å². The molecule has 120 valence electrons. The summed E-state index contributed by atoms with van der Waals surface area (Å²) in [6.07, 6.45) is 3.66. The highest BCUT2D eigenvalue weighted by Crippen LogP contribution is 2.01. The van der Waals surface area contributed by atoms with Crippen LogP contribution in [0.15, 0.2) is 6.20 Å². The zero-order chi connectivity index (χ0) is 15.7. The molecule has 0 aliphatic rings. The van der Waals surface area contributed by atoms with Crippen LogP contribution in [0.4, 0.5) is 0 Å². The highest BCUT2D eigenvalue weighted by Gasteiger charge is 2.13. The van der Waals surface area contributed by atoms with E-state index in [-0.39, 0.29) is 11.9 Å². The fourth-order valence-electron chi connectivity index (χ4n) is 2.17. The van der Waals surface area contributed by atoms with Gasteiger partial charge in [-0.25, -0.2) is 0 Å². The molecule has 1 aromatic rings. The van der Waals surface area contributed by atoms with Gasteiger partial charge in [0.15, 0.2) is 5.69 Å². The second-order valence-electron chi connectivity index (χ2n) is 5.20. The van der Waals surface area contributed by atoms with Gasteiger partial charge in [0.1, 0.15) is 0 Å². The first-order chi connectivity index (χ1) is 10.1. The lowest BCUT2D eigenvalue weighted by Gasteiger charge is -2.19. The van der Waals surface area contributed by atoms with Crippen LogP contribution in [0.1, 0.15) is 44.1 Å². The number of carbonyl (C=O) groups is 1. The first-order valence-electron chi connectivity index (χ1n) is 7.74. The Morgan fingerprint density at radius 1 is 1.48 bits per heavy atom. The molecular weight excluding hydrogens is 268 g/mol. The SMILES string of the molecule is CCN(CC)CCCC(C)NC(=O)c1cn(CCN)nn1. The molecule has 1 amide bonds. The smallest absolute Gasteiger partial charge is 0.273 e. The van der Waals surface area contributed by atoms with Crippen LogP contribution >= 0.6 is 0 Å². The summed E-state index contributed by atoms with van der Waals surface area (Å²) in [5.41, 5.74) is 5.78. The van der Waals surface area contributed by atoms with Crippen molar-refractivity contribution in [1.29, 1.82) is 0 Å². The average Bonchev–Trinajstić information content (AvgIpc) is 2.93. The van der Waals surface area contributed by atoms with Crippen molar-refractivity contribution in [2.45, 2.75) is 46.2 Å². The zero-order valence-corrected chi connectivity index (χ0v) is 13.4. The number of nitrogens with one attached hydrogen (secondary N) is 1. The Morgan fingerprint density at radius 3 is 2.81 bits per heavy atom. The van der Waals surface area contributed by atoms with Gasteiger partial charge in [0.2, 0.25) is 0 Å². The molecule has 0 aliphatic carbocycles. The van der Waals surface area contributed by atoms with Crippen LogP contribution in [0.2, 0.25) is 0 Å². The molecule has 0 saturated carbocycles. The van der Waals surface area contributed by atoms with Crippen molar-refractivity contribution in [2.24, 2.45) is 5.73 Å². The third-order valence-electron chi connectivity index (χ3n) is 3.51. The molecule has 0 bridgehead atoms. The normalized spacial score (nSPS) is 12.6. The van der Waals surface area contributed by atoms with Gasteiger partial charge in [-0.05, 0) is 39.4 Å². The van der Waals surface area contributed by atoms with Crippen LogP contribution in [-0.4, -0.2) is 58.0 Å². The van der Waals surface area contributed by atoms with Crippen molar-refractivity contribution in [1.82, 2.24) is 25.2 Å².